The third kappa shape index (κ3) is 3.72. The second-order valence-electron chi connectivity index (χ2n) is 3.79. The third-order valence-electron chi connectivity index (χ3n) is 1.86. The lowest BCUT2D eigenvalue weighted by Gasteiger charge is -2.17. The lowest BCUT2D eigenvalue weighted by molar-refractivity contribution is -0.145. The standard InChI is InChI=1S/C10H12ClNO2S/c1-10(2,9(13)14)6-15-8-4-3-7(11)5-12-8/h3-5H,6H2,1-2H3,(H,13,14). The molecule has 0 aliphatic heterocycles. The zero-order valence-corrected chi connectivity index (χ0v) is 10.1. The van der Waals surface area contributed by atoms with Gasteiger partial charge >= 0.3 is 5.97 Å². The molecule has 0 atom stereocenters. The minimum atomic E-state index is -0.802. The molecule has 0 aliphatic rings. The molecule has 1 rings (SSSR count). The normalized spacial score (nSPS) is 11.4. The third-order valence-corrected chi connectivity index (χ3v) is 3.49. The number of aliphatic carboxylic acids is 1. The molecule has 1 N–H and O–H groups in total. The van der Waals surface area contributed by atoms with E-state index in [0.717, 1.165) is 5.03 Å². The predicted octanol–water partition coefficient (Wildman–Crippen LogP) is 2.94. The second-order valence-corrected chi connectivity index (χ2v) is 5.22. The molecule has 1 heterocycles. The van der Waals surface area contributed by atoms with Gasteiger partial charge in [-0.15, -0.1) is 11.8 Å². The number of pyridine rings is 1. The summed E-state index contributed by atoms with van der Waals surface area (Å²) in [6, 6.07) is 3.52. The van der Waals surface area contributed by atoms with E-state index in [-0.39, 0.29) is 0 Å². The molecule has 0 bridgehead atoms. The van der Waals surface area contributed by atoms with Crippen molar-refractivity contribution in [1.82, 2.24) is 4.98 Å². The monoisotopic (exact) mass is 245 g/mol. The zero-order chi connectivity index (χ0) is 11.5. The molecule has 82 valence electrons. The molecule has 15 heavy (non-hydrogen) atoms. The van der Waals surface area contributed by atoms with Crippen molar-refractivity contribution < 1.29 is 9.90 Å². The van der Waals surface area contributed by atoms with Crippen LogP contribution in [0.1, 0.15) is 13.8 Å². The van der Waals surface area contributed by atoms with Gasteiger partial charge in [-0.2, -0.15) is 0 Å². The molecule has 3 nitrogen and oxygen atoms in total. The highest BCUT2D eigenvalue weighted by Crippen LogP contribution is 2.26. The van der Waals surface area contributed by atoms with Crippen LogP contribution in [0.2, 0.25) is 5.02 Å². The summed E-state index contributed by atoms with van der Waals surface area (Å²) in [6.45, 7) is 3.39. The summed E-state index contributed by atoms with van der Waals surface area (Å²) >= 11 is 7.10. The Bertz CT molecular complexity index is 351. The molecule has 1 aromatic heterocycles. The maximum Gasteiger partial charge on any atom is 0.309 e. The van der Waals surface area contributed by atoms with Gasteiger partial charge in [0.15, 0.2) is 0 Å². The van der Waals surface area contributed by atoms with E-state index in [0.29, 0.717) is 10.8 Å². The van der Waals surface area contributed by atoms with Gasteiger partial charge in [0, 0.05) is 11.9 Å². The smallest absolute Gasteiger partial charge is 0.309 e. The Labute approximate surface area is 97.9 Å². The molecule has 0 saturated carbocycles. The predicted molar refractivity (Wildman–Crippen MR) is 61.4 cm³/mol. The van der Waals surface area contributed by atoms with E-state index < -0.39 is 11.4 Å². The molecule has 0 fully saturated rings. The molecule has 5 heteroatoms. The van der Waals surface area contributed by atoms with E-state index in [9.17, 15) is 4.79 Å². The molecule has 0 unspecified atom stereocenters. The highest BCUT2D eigenvalue weighted by molar-refractivity contribution is 7.99. The van der Waals surface area contributed by atoms with Gasteiger partial charge in [0.2, 0.25) is 0 Å². The second kappa shape index (κ2) is 4.86. The first kappa shape index (κ1) is 12.3. The summed E-state index contributed by atoms with van der Waals surface area (Å²) in [7, 11) is 0. The SMILES string of the molecule is CC(C)(CSc1ccc(Cl)cn1)C(=O)O. The van der Waals surface area contributed by atoms with Gasteiger partial charge in [-0.05, 0) is 26.0 Å². The Kier molecular flexibility index (Phi) is 3.99. The minimum Gasteiger partial charge on any atom is -0.481 e. The number of thioether (sulfide) groups is 1. The first-order chi connectivity index (χ1) is 6.92. The van der Waals surface area contributed by atoms with Crippen molar-refractivity contribution in [3.63, 3.8) is 0 Å². The fraction of sp³-hybridized carbons (Fsp3) is 0.400. The number of hydrogen-bond donors (Lipinski definition) is 1. The van der Waals surface area contributed by atoms with Gasteiger partial charge in [0.05, 0.1) is 15.5 Å². The Balaban J connectivity index is 2.57. The largest absolute Gasteiger partial charge is 0.481 e. The van der Waals surface area contributed by atoms with Crippen LogP contribution in [0.4, 0.5) is 0 Å². The molecule has 0 aromatic carbocycles. The van der Waals surface area contributed by atoms with Crippen LogP contribution < -0.4 is 0 Å². The summed E-state index contributed by atoms with van der Waals surface area (Å²) in [5, 5.41) is 10.3. The summed E-state index contributed by atoms with van der Waals surface area (Å²) in [5.74, 6) is -0.319. The van der Waals surface area contributed by atoms with E-state index in [1.807, 2.05) is 0 Å². The van der Waals surface area contributed by atoms with Gasteiger partial charge in [-0.25, -0.2) is 4.98 Å². The Morgan fingerprint density at radius 3 is 2.73 bits per heavy atom. The van der Waals surface area contributed by atoms with Crippen LogP contribution in [-0.2, 0) is 4.79 Å². The summed E-state index contributed by atoms with van der Waals surface area (Å²) in [6.07, 6.45) is 1.55. The number of nitrogens with zero attached hydrogens (tertiary/aromatic N) is 1. The topological polar surface area (TPSA) is 50.2 Å². The highest BCUT2D eigenvalue weighted by Gasteiger charge is 2.27. The van der Waals surface area contributed by atoms with E-state index in [4.69, 9.17) is 16.7 Å². The molecule has 0 aliphatic carbocycles. The average molecular weight is 246 g/mol. The lowest BCUT2D eigenvalue weighted by atomic mass is 9.97. The number of rotatable bonds is 4. The van der Waals surface area contributed by atoms with Gasteiger partial charge in [0.25, 0.3) is 0 Å². The molecule has 0 saturated heterocycles. The number of carboxylic acids is 1. The van der Waals surface area contributed by atoms with Crippen molar-refractivity contribution in [2.45, 2.75) is 18.9 Å². The first-order valence-electron chi connectivity index (χ1n) is 4.39. The Hall–Kier alpha value is -0.740. The fourth-order valence-electron chi connectivity index (χ4n) is 0.764. The van der Waals surface area contributed by atoms with Crippen LogP contribution in [0.15, 0.2) is 23.4 Å². The van der Waals surface area contributed by atoms with Crippen molar-refractivity contribution in [3.8, 4) is 0 Å². The molecule has 0 amide bonds. The van der Waals surface area contributed by atoms with Gasteiger partial charge in [0.1, 0.15) is 0 Å². The fourth-order valence-corrected chi connectivity index (χ4v) is 1.80. The number of hydrogen-bond acceptors (Lipinski definition) is 3. The highest BCUT2D eigenvalue weighted by atomic mass is 35.5. The molecule has 0 radical (unpaired) electrons. The van der Waals surface area contributed by atoms with Gasteiger partial charge < -0.3 is 5.11 Å². The maximum absolute atomic E-state index is 10.8. The van der Waals surface area contributed by atoms with Crippen LogP contribution in [-0.4, -0.2) is 21.8 Å². The Morgan fingerprint density at radius 2 is 2.27 bits per heavy atom. The summed E-state index contributed by atoms with van der Waals surface area (Å²) in [4.78, 5) is 14.9. The number of carbonyl (C=O) groups is 1. The van der Waals surface area contributed by atoms with Crippen molar-refractivity contribution in [1.29, 1.82) is 0 Å². The van der Waals surface area contributed by atoms with Crippen LogP contribution >= 0.6 is 23.4 Å². The van der Waals surface area contributed by atoms with E-state index >= 15 is 0 Å². The van der Waals surface area contributed by atoms with Crippen LogP contribution in [0.3, 0.4) is 0 Å². The lowest BCUT2D eigenvalue weighted by Crippen LogP contribution is -2.26. The number of carboxylic acid groups (broad SMARTS) is 1. The minimum absolute atomic E-state index is 0.483. The van der Waals surface area contributed by atoms with Gasteiger partial charge in [-0.1, -0.05) is 11.6 Å². The van der Waals surface area contributed by atoms with E-state index in [1.54, 1.807) is 32.2 Å². The zero-order valence-electron chi connectivity index (χ0n) is 8.53. The van der Waals surface area contributed by atoms with E-state index in [1.165, 1.54) is 11.8 Å². The van der Waals surface area contributed by atoms with Crippen LogP contribution in [0.5, 0.6) is 0 Å². The summed E-state index contributed by atoms with van der Waals surface area (Å²) < 4.78 is 0. The van der Waals surface area contributed by atoms with Crippen molar-refractivity contribution >= 4 is 29.3 Å². The van der Waals surface area contributed by atoms with Crippen molar-refractivity contribution in [2.24, 2.45) is 5.41 Å². The number of halogens is 1. The quantitative estimate of drug-likeness (QED) is 0.829. The maximum atomic E-state index is 10.8. The Morgan fingerprint density at radius 1 is 1.60 bits per heavy atom. The molecule has 1 aromatic rings. The average Bonchev–Trinajstić information content (AvgIpc) is 2.17. The van der Waals surface area contributed by atoms with E-state index in [2.05, 4.69) is 4.98 Å². The number of aromatic nitrogens is 1. The first-order valence-corrected chi connectivity index (χ1v) is 5.76. The van der Waals surface area contributed by atoms with Gasteiger partial charge in [-0.3, -0.25) is 4.79 Å². The van der Waals surface area contributed by atoms with Crippen LogP contribution in [0.25, 0.3) is 0 Å². The van der Waals surface area contributed by atoms with Crippen LogP contribution in [0, 0.1) is 5.41 Å². The summed E-state index contributed by atoms with van der Waals surface area (Å²) in [5.41, 5.74) is -0.744. The molecule has 0 spiro atoms. The van der Waals surface area contributed by atoms with Crippen molar-refractivity contribution in [2.75, 3.05) is 5.75 Å². The molecular weight excluding hydrogens is 234 g/mol. The molecular formula is C10H12ClNO2S. The van der Waals surface area contributed by atoms with Crippen molar-refractivity contribution in [3.05, 3.63) is 23.4 Å².